The number of aliphatic carboxylic acids is 1. The lowest BCUT2D eigenvalue weighted by Gasteiger charge is -2.30. The molecular formula is C56H80N16O12. The molecule has 19 N–H and O–H groups in total. The number of amides is 9. The average molecular weight is 1170 g/mol. The van der Waals surface area contributed by atoms with Gasteiger partial charge >= 0.3 is 5.97 Å². The Kier molecular flexibility index (Phi) is 25.0. The summed E-state index contributed by atoms with van der Waals surface area (Å²) in [7, 11) is 0. The number of likely N-dealkylation sites (tertiary alicyclic amines) is 2. The monoisotopic (exact) mass is 1170 g/mol. The number of phenolic OH excluding ortho intramolecular Hbond substituents is 1. The molecule has 28 heteroatoms. The van der Waals surface area contributed by atoms with Gasteiger partial charge in [0.1, 0.15) is 54.1 Å². The van der Waals surface area contributed by atoms with Crippen LogP contribution in [0.5, 0.6) is 5.75 Å². The molecule has 5 rings (SSSR count). The summed E-state index contributed by atoms with van der Waals surface area (Å²) in [6, 6.07) is 8.71. The molecule has 2 heterocycles. The predicted molar refractivity (Wildman–Crippen MR) is 309 cm³/mol. The van der Waals surface area contributed by atoms with Gasteiger partial charge in [-0.25, -0.2) is 4.79 Å². The molecule has 0 bridgehead atoms. The van der Waals surface area contributed by atoms with Crippen LogP contribution in [0.3, 0.4) is 0 Å². The zero-order valence-corrected chi connectivity index (χ0v) is 47.5. The van der Waals surface area contributed by atoms with Crippen LogP contribution >= 0.6 is 0 Å². The fourth-order valence-electron chi connectivity index (χ4n) is 9.91. The van der Waals surface area contributed by atoms with E-state index in [4.69, 9.17) is 28.0 Å². The number of hydrogen-bond donors (Lipinski definition) is 16. The van der Waals surface area contributed by atoms with Gasteiger partial charge in [0.2, 0.25) is 53.2 Å². The van der Waals surface area contributed by atoms with Gasteiger partial charge in [-0.05, 0) is 98.2 Å². The number of carbonyl (C=O) groups is 10. The minimum atomic E-state index is -1.38. The number of fused-ring (bicyclic) bond motifs is 1. The number of phenols is 1. The third-order valence-corrected chi connectivity index (χ3v) is 14.4. The van der Waals surface area contributed by atoms with E-state index in [1.807, 2.05) is 36.4 Å². The summed E-state index contributed by atoms with van der Waals surface area (Å²) in [6.07, 6.45) is 1.37. The zero-order chi connectivity index (χ0) is 61.6. The van der Waals surface area contributed by atoms with Crippen molar-refractivity contribution in [3.8, 4) is 5.75 Å². The first-order valence-corrected chi connectivity index (χ1v) is 28.0. The minimum absolute atomic E-state index is 0.0286. The minimum Gasteiger partial charge on any atom is -0.508 e. The van der Waals surface area contributed by atoms with Crippen molar-refractivity contribution in [3.05, 3.63) is 77.9 Å². The van der Waals surface area contributed by atoms with E-state index in [2.05, 4.69) is 47.9 Å². The molecule has 2 saturated heterocycles. The van der Waals surface area contributed by atoms with Crippen molar-refractivity contribution in [3.63, 3.8) is 0 Å². The Balaban J connectivity index is 1.33. The summed E-state index contributed by atoms with van der Waals surface area (Å²) in [6.45, 7) is 4.39. The number of carboxylic acid groups (broad SMARTS) is 1. The Morgan fingerprint density at radius 2 is 1.14 bits per heavy atom. The highest BCUT2D eigenvalue weighted by Crippen LogP contribution is 2.23. The highest BCUT2D eigenvalue weighted by Gasteiger charge is 2.40. The molecule has 0 radical (unpaired) electrons. The van der Waals surface area contributed by atoms with Gasteiger partial charge in [0.05, 0.1) is 13.1 Å². The lowest BCUT2D eigenvalue weighted by Crippen LogP contribution is -2.61. The van der Waals surface area contributed by atoms with Gasteiger partial charge < -0.3 is 85.1 Å². The number of hydrogen-bond acceptors (Lipinski definition) is 14. The zero-order valence-electron chi connectivity index (χ0n) is 47.5. The van der Waals surface area contributed by atoms with Crippen LogP contribution in [0.15, 0.2) is 66.7 Å². The molecule has 3 aromatic rings. The first-order valence-electron chi connectivity index (χ1n) is 28.0. The fourth-order valence-corrected chi connectivity index (χ4v) is 9.91. The van der Waals surface area contributed by atoms with Gasteiger partial charge in [0.25, 0.3) is 0 Å². The summed E-state index contributed by atoms with van der Waals surface area (Å²) >= 11 is 0. The van der Waals surface area contributed by atoms with E-state index < -0.39 is 120 Å². The van der Waals surface area contributed by atoms with E-state index in [0.717, 1.165) is 10.8 Å². The maximum Gasteiger partial charge on any atom is 0.326 e. The average Bonchev–Trinajstić information content (AvgIpc) is 3.95. The molecule has 2 aliphatic heterocycles. The molecule has 456 valence electrons. The molecule has 0 saturated carbocycles. The number of guanidine groups is 2. The first kappa shape index (κ1) is 65.7. The van der Waals surface area contributed by atoms with Crippen molar-refractivity contribution in [2.24, 2.45) is 23.1 Å². The molecule has 2 fully saturated rings. The Bertz CT molecular complexity index is 2870. The Hall–Kier alpha value is -9.08. The number of rotatable bonds is 30. The Morgan fingerprint density at radius 3 is 1.74 bits per heavy atom. The van der Waals surface area contributed by atoms with Gasteiger partial charge in [-0.2, -0.15) is 0 Å². The molecule has 3 aromatic carbocycles. The molecule has 2 aliphatic rings. The van der Waals surface area contributed by atoms with Crippen LogP contribution in [-0.2, 0) is 60.8 Å². The van der Waals surface area contributed by atoms with Crippen molar-refractivity contribution < 1.29 is 58.2 Å². The summed E-state index contributed by atoms with van der Waals surface area (Å²) in [5.74, 6) is -9.15. The van der Waals surface area contributed by atoms with E-state index in [0.29, 0.717) is 24.0 Å². The Labute approximate surface area is 486 Å². The van der Waals surface area contributed by atoms with Crippen LogP contribution in [0.25, 0.3) is 10.8 Å². The number of nitrogens with zero attached hydrogens (tertiary/aromatic N) is 2. The molecule has 0 aliphatic carbocycles. The predicted octanol–water partition coefficient (Wildman–Crippen LogP) is -2.42. The Morgan fingerprint density at radius 1 is 0.607 bits per heavy atom. The summed E-state index contributed by atoms with van der Waals surface area (Å²) < 4.78 is 0. The molecule has 28 nitrogen and oxygen atoms in total. The number of aromatic hydroxyl groups is 1. The van der Waals surface area contributed by atoms with Crippen molar-refractivity contribution >= 4 is 81.8 Å². The van der Waals surface area contributed by atoms with Gasteiger partial charge in [-0.15, -0.1) is 0 Å². The highest BCUT2D eigenvalue weighted by molar-refractivity contribution is 5.98. The molecular weight excluding hydrogens is 1090 g/mol. The summed E-state index contributed by atoms with van der Waals surface area (Å²) in [4.78, 5) is 139. The van der Waals surface area contributed by atoms with Crippen LogP contribution in [0.4, 0.5) is 0 Å². The smallest absolute Gasteiger partial charge is 0.326 e. The van der Waals surface area contributed by atoms with Crippen LogP contribution in [0.1, 0.15) is 83.3 Å². The van der Waals surface area contributed by atoms with Crippen molar-refractivity contribution in [2.75, 3.05) is 39.3 Å². The first-order chi connectivity index (χ1) is 39.9. The van der Waals surface area contributed by atoms with Gasteiger partial charge in [-0.3, -0.25) is 54.0 Å². The highest BCUT2D eigenvalue weighted by atomic mass is 16.4. The normalized spacial score (nSPS) is 16.8. The molecule has 8 atom stereocenters. The van der Waals surface area contributed by atoms with E-state index in [1.165, 1.54) is 41.0 Å². The van der Waals surface area contributed by atoms with Crippen molar-refractivity contribution in [2.45, 2.75) is 133 Å². The summed E-state index contributed by atoms with van der Waals surface area (Å²) in [5, 5.41) is 60.7. The molecule has 0 aromatic heterocycles. The molecule has 9 amide bonds. The lowest BCUT2D eigenvalue weighted by atomic mass is 9.99. The van der Waals surface area contributed by atoms with E-state index in [9.17, 15) is 58.2 Å². The number of nitrogens with one attached hydrogen (secondary N) is 11. The maximum absolute atomic E-state index is 14.4. The maximum atomic E-state index is 14.4. The third kappa shape index (κ3) is 19.8. The van der Waals surface area contributed by atoms with Gasteiger partial charge in [-0.1, -0.05) is 68.4 Å². The van der Waals surface area contributed by atoms with E-state index in [1.54, 1.807) is 19.9 Å². The fraction of sp³-hybridized carbons (Fsp3) is 0.500. The van der Waals surface area contributed by atoms with Gasteiger partial charge in [0, 0.05) is 39.0 Å². The largest absolute Gasteiger partial charge is 0.508 e. The van der Waals surface area contributed by atoms with Crippen molar-refractivity contribution in [1.82, 2.24) is 57.7 Å². The van der Waals surface area contributed by atoms with Crippen LogP contribution in [0, 0.1) is 16.7 Å². The summed E-state index contributed by atoms with van der Waals surface area (Å²) in [5.41, 5.74) is 17.5. The third-order valence-electron chi connectivity index (χ3n) is 14.4. The van der Waals surface area contributed by atoms with Crippen LogP contribution < -0.4 is 65.1 Å². The van der Waals surface area contributed by atoms with E-state index in [-0.39, 0.29) is 102 Å². The molecule has 84 heavy (non-hydrogen) atoms. The number of carbonyl (C=O) groups excluding carboxylic acids is 9. The SMILES string of the molecule is CC(C)[C@@H](NC(=O)[C@H](CCCNC(=N)N)NC(=O)[C@@H](Cc1ccc(O)cc1)NC(=O)[C@@H]1CCCN1C(=O)CNC(=O)CN)C(=O)N[C@@H](C)C(=O)N[C@@H](CCCNC(=N)N)C(=O)N[C@H](Cc1ccc2ccccc2c1)C(=O)N1CCC[C@H]1C(=O)O. The number of benzene rings is 3. The van der Waals surface area contributed by atoms with Crippen molar-refractivity contribution in [1.29, 1.82) is 10.8 Å². The number of nitrogens with two attached hydrogens (primary N) is 3. The lowest BCUT2D eigenvalue weighted by molar-refractivity contribution is -0.149. The number of carboxylic acids is 1. The van der Waals surface area contributed by atoms with Crippen LogP contribution in [0.2, 0.25) is 0 Å². The second-order valence-corrected chi connectivity index (χ2v) is 21.2. The standard InChI is InChI=1S/C56H80N16O12/c1-31(2)46(70-49(78)39(13-7-23-63-56(60)61)67-50(79)40(27-33-17-20-37(73)21-18-33)68-51(80)42-14-8-24-71(42)45(75)30-64-44(74)29-57)52(81)65-32(3)47(76)66-38(12-6-22-62-55(58)59)48(77)69-41(53(82)72-25-9-15-43(72)54(83)84)28-34-16-19-35-10-4-5-11-36(35)26-34/h4-5,10-11,16-21,26,31-32,38-43,46,73H,6-9,12-15,22-25,27-30,57H2,1-3H3,(H,64,74)(H,65,81)(H,66,76)(H,67,79)(H,68,80)(H,69,77)(H,70,78)(H,83,84)(H4,58,59,62)(H4,60,61,63)/t32-,38-,39-,40+,41+,42-,43-,46+/m0/s1. The van der Waals surface area contributed by atoms with Crippen LogP contribution in [-0.4, -0.2) is 179 Å². The molecule has 0 spiro atoms. The second kappa shape index (κ2) is 31.9. The quantitative estimate of drug-likeness (QED) is 0.0188. The van der Waals surface area contributed by atoms with E-state index >= 15 is 0 Å². The van der Waals surface area contributed by atoms with Gasteiger partial charge in [0.15, 0.2) is 11.9 Å². The second-order valence-electron chi connectivity index (χ2n) is 21.2. The topological polar surface area (TPSA) is 452 Å². The molecule has 0 unspecified atom stereocenters.